The standard InChI is InChI=1S/C12H12F3NO4/c1-2-5(12(19)20)4-16-11(18)6-3-7(13)9(15)10(17)8(6)14/h3,5,17H,2,4H2,1H3,(H,16,18)(H,19,20). The molecule has 1 aromatic rings. The van der Waals surface area contributed by atoms with Crippen LogP contribution in [0.5, 0.6) is 5.75 Å². The number of phenolic OH excluding ortho intramolecular Hbond substituents is 1. The van der Waals surface area contributed by atoms with Crippen molar-refractivity contribution in [2.75, 3.05) is 6.54 Å². The lowest BCUT2D eigenvalue weighted by molar-refractivity contribution is -0.141. The first-order valence-electron chi connectivity index (χ1n) is 5.67. The molecule has 8 heteroatoms. The highest BCUT2D eigenvalue weighted by molar-refractivity contribution is 5.95. The molecule has 1 amide bonds. The third-order valence-corrected chi connectivity index (χ3v) is 2.73. The summed E-state index contributed by atoms with van der Waals surface area (Å²) in [6, 6.07) is 0.293. The van der Waals surface area contributed by atoms with Crippen molar-refractivity contribution in [2.24, 2.45) is 5.92 Å². The molecule has 3 N–H and O–H groups in total. The SMILES string of the molecule is CCC(CNC(=O)c1cc(F)c(F)c(O)c1F)C(=O)O. The Morgan fingerprint density at radius 1 is 1.30 bits per heavy atom. The van der Waals surface area contributed by atoms with E-state index in [2.05, 4.69) is 5.32 Å². The fraction of sp³-hybridized carbons (Fsp3) is 0.333. The van der Waals surface area contributed by atoms with Gasteiger partial charge in [0.25, 0.3) is 5.91 Å². The molecule has 1 atom stereocenters. The summed E-state index contributed by atoms with van der Waals surface area (Å²) >= 11 is 0. The number of carboxylic acids is 1. The number of nitrogens with one attached hydrogen (secondary N) is 1. The summed E-state index contributed by atoms with van der Waals surface area (Å²) in [6.07, 6.45) is 0.223. The molecule has 0 saturated heterocycles. The number of carbonyl (C=O) groups excluding carboxylic acids is 1. The lowest BCUT2D eigenvalue weighted by atomic mass is 10.1. The molecule has 20 heavy (non-hydrogen) atoms. The van der Waals surface area contributed by atoms with E-state index in [9.17, 15) is 22.8 Å². The molecule has 0 saturated carbocycles. The summed E-state index contributed by atoms with van der Waals surface area (Å²) < 4.78 is 39.3. The van der Waals surface area contributed by atoms with E-state index in [-0.39, 0.29) is 13.0 Å². The van der Waals surface area contributed by atoms with Gasteiger partial charge in [-0.05, 0) is 12.5 Å². The molecular formula is C12H12F3NO4. The van der Waals surface area contributed by atoms with E-state index < -0.39 is 46.6 Å². The van der Waals surface area contributed by atoms with Gasteiger partial charge in [0.2, 0.25) is 5.82 Å². The maximum Gasteiger partial charge on any atom is 0.308 e. The highest BCUT2D eigenvalue weighted by Gasteiger charge is 2.23. The van der Waals surface area contributed by atoms with E-state index in [1.807, 2.05) is 0 Å². The van der Waals surface area contributed by atoms with Crippen molar-refractivity contribution in [3.63, 3.8) is 0 Å². The fourth-order valence-electron chi connectivity index (χ4n) is 1.47. The molecule has 0 bridgehead atoms. The third kappa shape index (κ3) is 3.19. The molecule has 1 unspecified atom stereocenters. The number of benzene rings is 1. The summed E-state index contributed by atoms with van der Waals surface area (Å²) in [5.74, 6) is -9.76. The van der Waals surface area contributed by atoms with Crippen molar-refractivity contribution in [2.45, 2.75) is 13.3 Å². The lowest BCUT2D eigenvalue weighted by Gasteiger charge is -2.12. The molecule has 1 rings (SSSR count). The molecular weight excluding hydrogens is 279 g/mol. The number of hydrogen-bond acceptors (Lipinski definition) is 3. The first-order valence-corrected chi connectivity index (χ1v) is 5.67. The van der Waals surface area contributed by atoms with E-state index >= 15 is 0 Å². The van der Waals surface area contributed by atoms with E-state index in [0.29, 0.717) is 6.07 Å². The van der Waals surface area contributed by atoms with Crippen LogP contribution < -0.4 is 5.32 Å². The van der Waals surface area contributed by atoms with Gasteiger partial charge in [-0.25, -0.2) is 8.78 Å². The van der Waals surface area contributed by atoms with Gasteiger partial charge < -0.3 is 15.5 Å². The van der Waals surface area contributed by atoms with Gasteiger partial charge in [0.15, 0.2) is 17.4 Å². The van der Waals surface area contributed by atoms with Gasteiger partial charge in [-0.2, -0.15) is 4.39 Å². The van der Waals surface area contributed by atoms with Crippen molar-refractivity contribution in [3.8, 4) is 5.75 Å². The predicted molar refractivity (Wildman–Crippen MR) is 61.7 cm³/mol. The zero-order valence-electron chi connectivity index (χ0n) is 10.4. The van der Waals surface area contributed by atoms with Crippen LogP contribution in [0.25, 0.3) is 0 Å². The monoisotopic (exact) mass is 291 g/mol. The average molecular weight is 291 g/mol. The maximum absolute atomic E-state index is 13.4. The van der Waals surface area contributed by atoms with Gasteiger partial charge in [-0.1, -0.05) is 6.92 Å². The van der Waals surface area contributed by atoms with Crippen LogP contribution in [0.3, 0.4) is 0 Å². The molecule has 110 valence electrons. The van der Waals surface area contributed by atoms with Gasteiger partial charge in [0.1, 0.15) is 0 Å². The number of halogens is 3. The molecule has 0 radical (unpaired) electrons. The van der Waals surface area contributed by atoms with Gasteiger partial charge >= 0.3 is 5.97 Å². The van der Waals surface area contributed by atoms with Crippen LogP contribution in [0.4, 0.5) is 13.2 Å². The number of rotatable bonds is 5. The van der Waals surface area contributed by atoms with E-state index in [1.165, 1.54) is 0 Å². The van der Waals surface area contributed by atoms with Gasteiger partial charge in [0, 0.05) is 6.54 Å². The highest BCUT2D eigenvalue weighted by Crippen LogP contribution is 2.25. The lowest BCUT2D eigenvalue weighted by Crippen LogP contribution is -2.33. The van der Waals surface area contributed by atoms with Gasteiger partial charge in [-0.3, -0.25) is 9.59 Å². The van der Waals surface area contributed by atoms with Gasteiger partial charge in [0.05, 0.1) is 11.5 Å². The smallest absolute Gasteiger partial charge is 0.308 e. The summed E-state index contributed by atoms with van der Waals surface area (Å²) in [6.45, 7) is 1.28. The molecule has 0 fully saturated rings. The van der Waals surface area contributed by atoms with Crippen LogP contribution in [-0.4, -0.2) is 28.6 Å². The van der Waals surface area contributed by atoms with Gasteiger partial charge in [-0.15, -0.1) is 0 Å². The number of carbonyl (C=O) groups is 2. The zero-order chi connectivity index (χ0) is 15.4. The van der Waals surface area contributed by atoms with Crippen LogP contribution >= 0.6 is 0 Å². The average Bonchev–Trinajstić information content (AvgIpc) is 2.40. The molecule has 0 aliphatic heterocycles. The summed E-state index contributed by atoms with van der Waals surface area (Å²) in [7, 11) is 0. The Balaban J connectivity index is 2.91. The van der Waals surface area contributed by atoms with E-state index in [1.54, 1.807) is 6.92 Å². The molecule has 0 aliphatic rings. The highest BCUT2D eigenvalue weighted by atomic mass is 19.2. The van der Waals surface area contributed by atoms with Crippen molar-refractivity contribution in [3.05, 3.63) is 29.1 Å². The van der Waals surface area contributed by atoms with Crippen molar-refractivity contribution in [1.82, 2.24) is 5.32 Å². The minimum absolute atomic E-state index is 0.223. The minimum Gasteiger partial charge on any atom is -0.503 e. The minimum atomic E-state index is -1.80. The molecule has 1 aromatic carbocycles. The second kappa shape index (κ2) is 6.27. The van der Waals surface area contributed by atoms with E-state index in [4.69, 9.17) is 10.2 Å². The maximum atomic E-state index is 13.4. The van der Waals surface area contributed by atoms with Crippen LogP contribution in [0.15, 0.2) is 6.07 Å². The zero-order valence-corrected chi connectivity index (χ0v) is 10.4. The molecule has 0 aromatic heterocycles. The van der Waals surface area contributed by atoms with E-state index in [0.717, 1.165) is 0 Å². The predicted octanol–water partition coefficient (Wildman–Crippen LogP) is 1.65. The summed E-state index contributed by atoms with van der Waals surface area (Å²) in [5, 5.41) is 19.8. The number of phenols is 1. The van der Waals surface area contributed by atoms with Crippen LogP contribution in [-0.2, 0) is 4.79 Å². The third-order valence-electron chi connectivity index (χ3n) is 2.73. The Morgan fingerprint density at radius 2 is 1.90 bits per heavy atom. The Morgan fingerprint density at radius 3 is 2.40 bits per heavy atom. The fourth-order valence-corrected chi connectivity index (χ4v) is 1.47. The Hall–Kier alpha value is -2.25. The second-order valence-corrected chi connectivity index (χ2v) is 4.04. The van der Waals surface area contributed by atoms with Crippen molar-refractivity contribution >= 4 is 11.9 Å². The number of carboxylic acid groups (broad SMARTS) is 1. The quantitative estimate of drug-likeness (QED) is 0.720. The number of amides is 1. The van der Waals surface area contributed by atoms with Crippen LogP contribution in [0.2, 0.25) is 0 Å². The largest absolute Gasteiger partial charge is 0.503 e. The number of hydrogen-bond donors (Lipinski definition) is 3. The first-order chi connectivity index (χ1) is 9.29. The van der Waals surface area contributed by atoms with Crippen molar-refractivity contribution < 1.29 is 33.0 Å². The molecule has 0 spiro atoms. The molecule has 5 nitrogen and oxygen atoms in total. The normalized spacial score (nSPS) is 12.0. The summed E-state index contributed by atoms with van der Waals surface area (Å²) in [5.41, 5.74) is -0.901. The van der Waals surface area contributed by atoms with Crippen LogP contribution in [0, 0.1) is 23.4 Å². The number of aromatic hydroxyl groups is 1. The Kier molecular flexibility index (Phi) is 4.95. The topological polar surface area (TPSA) is 86.6 Å². The summed E-state index contributed by atoms with van der Waals surface area (Å²) in [4.78, 5) is 22.3. The Bertz CT molecular complexity index is 548. The van der Waals surface area contributed by atoms with Crippen molar-refractivity contribution in [1.29, 1.82) is 0 Å². The Labute approximate surface area is 112 Å². The number of aliphatic carboxylic acids is 1. The molecule has 0 heterocycles. The van der Waals surface area contributed by atoms with Crippen LogP contribution in [0.1, 0.15) is 23.7 Å². The molecule has 0 aliphatic carbocycles. The first kappa shape index (κ1) is 15.8. The second-order valence-electron chi connectivity index (χ2n) is 4.04.